The van der Waals surface area contributed by atoms with Crippen LogP contribution in [0.4, 0.5) is 0 Å². The Morgan fingerprint density at radius 2 is 2.09 bits per heavy atom. The van der Waals surface area contributed by atoms with Gasteiger partial charge in [-0.25, -0.2) is 4.98 Å². The lowest BCUT2D eigenvalue weighted by molar-refractivity contribution is 0.0950. The number of nitrogens with one attached hydrogen (secondary N) is 1. The Balaban J connectivity index is 1.93. The number of amides is 1. The molecule has 4 nitrogen and oxygen atoms in total. The van der Waals surface area contributed by atoms with Crippen molar-refractivity contribution in [2.75, 3.05) is 13.2 Å². The maximum Gasteiger partial charge on any atom is 0.255 e. The van der Waals surface area contributed by atoms with E-state index in [0.29, 0.717) is 24.5 Å². The lowest BCUT2D eigenvalue weighted by atomic mass is 10.2. The SMILES string of the molecule is C=C(C)COc1ccccc1C(=O)NCCc1nc(C)c(C)s1. The summed E-state index contributed by atoms with van der Waals surface area (Å²) in [5.41, 5.74) is 2.52. The number of hydrogen-bond acceptors (Lipinski definition) is 4. The van der Waals surface area contributed by atoms with Crippen molar-refractivity contribution < 1.29 is 9.53 Å². The number of carbonyl (C=O) groups is 1. The summed E-state index contributed by atoms with van der Waals surface area (Å²) in [6.07, 6.45) is 0.736. The van der Waals surface area contributed by atoms with Crippen LogP contribution in [0.5, 0.6) is 5.75 Å². The Kier molecular flexibility index (Phi) is 5.93. The number of ether oxygens (including phenoxy) is 1. The second-order valence-electron chi connectivity index (χ2n) is 5.50. The molecule has 2 rings (SSSR count). The molecule has 5 heteroatoms. The third kappa shape index (κ3) is 4.93. The Morgan fingerprint density at radius 1 is 1.35 bits per heavy atom. The van der Waals surface area contributed by atoms with Gasteiger partial charge >= 0.3 is 0 Å². The predicted octanol–water partition coefficient (Wildman–Crippen LogP) is 3.69. The van der Waals surface area contributed by atoms with Gasteiger partial charge in [0.15, 0.2) is 0 Å². The fourth-order valence-electron chi connectivity index (χ4n) is 2.01. The summed E-state index contributed by atoms with van der Waals surface area (Å²) in [7, 11) is 0. The van der Waals surface area contributed by atoms with Gasteiger partial charge in [-0.3, -0.25) is 4.79 Å². The third-order valence-corrected chi connectivity index (χ3v) is 4.44. The first-order chi connectivity index (χ1) is 11.0. The molecule has 23 heavy (non-hydrogen) atoms. The average Bonchev–Trinajstić information content (AvgIpc) is 2.83. The van der Waals surface area contributed by atoms with Gasteiger partial charge in [0.2, 0.25) is 0 Å². The van der Waals surface area contributed by atoms with Crippen molar-refractivity contribution in [2.24, 2.45) is 0 Å². The van der Waals surface area contributed by atoms with Crippen molar-refractivity contribution in [3.05, 3.63) is 57.6 Å². The summed E-state index contributed by atoms with van der Waals surface area (Å²) in [4.78, 5) is 18.0. The highest BCUT2D eigenvalue weighted by Gasteiger charge is 2.12. The summed E-state index contributed by atoms with van der Waals surface area (Å²) in [5.74, 6) is 0.446. The topological polar surface area (TPSA) is 51.2 Å². The van der Waals surface area contributed by atoms with Gasteiger partial charge in [-0.15, -0.1) is 11.3 Å². The molecule has 1 amide bonds. The number of benzene rings is 1. The summed E-state index contributed by atoms with van der Waals surface area (Å²) < 4.78 is 5.63. The summed E-state index contributed by atoms with van der Waals surface area (Å²) in [6, 6.07) is 7.24. The van der Waals surface area contributed by atoms with E-state index < -0.39 is 0 Å². The van der Waals surface area contributed by atoms with Crippen LogP contribution >= 0.6 is 11.3 Å². The molecule has 0 aliphatic heterocycles. The molecule has 0 radical (unpaired) electrons. The number of carbonyl (C=O) groups excluding carboxylic acids is 1. The van der Waals surface area contributed by atoms with E-state index >= 15 is 0 Å². The standard InChI is InChI=1S/C18H22N2O2S/c1-12(2)11-22-16-8-6-5-7-15(16)18(21)19-10-9-17-20-13(3)14(4)23-17/h5-8H,1,9-11H2,2-4H3,(H,19,21). The van der Waals surface area contributed by atoms with Crippen LogP contribution in [-0.4, -0.2) is 24.0 Å². The van der Waals surface area contributed by atoms with E-state index in [1.54, 1.807) is 23.5 Å². The quantitative estimate of drug-likeness (QED) is 0.788. The number of nitrogens with zero attached hydrogens (tertiary/aromatic N) is 1. The zero-order valence-corrected chi connectivity index (χ0v) is 14.6. The molecule has 0 aliphatic carbocycles. The first-order valence-electron chi connectivity index (χ1n) is 7.54. The maximum atomic E-state index is 12.3. The largest absolute Gasteiger partial charge is 0.488 e. The molecule has 0 unspecified atom stereocenters. The van der Waals surface area contributed by atoms with Gasteiger partial charge in [0.05, 0.1) is 16.3 Å². The Hall–Kier alpha value is -2.14. The van der Waals surface area contributed by atoms with Gasteiger partial charge in [-0.2, -0.15) is 0 Å². The number of para-hydroxylation sites is 1. The van der Waals surface area contributed by atoms with E-state index in [4.69, 9.17) is 4.74 Å². The fraction of sp³-hybridized carbons (Fsp3) is 0.333. The van der Waals surface area contributed by atoms with Crippen molar-refractivity contribution in [3.8, 4) is 5.75 Å². The minimum atomic E-state index is -0.132. The van der Waals surface area contributed by atoms with Gasteiger partial charge in [0.25, 0.3) is 5.91 Å². The molecule has 0 fully saturated rings. The van der Waals surface area contributed by atoms with E-state index in [1.807, 2.05) is 26.0 Å². The number of hydrogen-bond donors (Lipinski definition) is 1. The highest BCUT2D eigenvalue weighted by molar-refractivity contribution is 7.11. The molecule has 1 aromatic heterocycles. The molecule has 0 saturated heterocycles. The molecular formula is C18H22N2O2S. The fourth-order valence-corrected chi connectivity index (χ4v) is 2.94. The first kappa shape index (κ1) is 17.2. The van der Waals surface area contributed by atoms with E-state index in [-0.39, 0.29) is 5.91 Å². The van der Waals surface area contributed by atoms with Crippen molar-refractivity contribution in [1.82, 2.24) is 10.3 Å². The minimum absolute atomic E-state index is 0.132. The van der Waals surface area contributed by atoms with Crippen LogP contribution in [0.3, 0.4) is 0 Å². The molecule has 1 aromatic carbocycles. The molecule has 0 bridgehead atoms. The predicted molar refractivity (Wildman–Crippen MR) is 94.4 cm³/mol. The van der Waals surface area contributed by atoms with Gasteiger partial charge in [0, 0.05) is 17.8 Å². The zero-order chi connectivity index (χ0) is 16.8. The van der Waals surface area contributed by atoms with Crippen LogP contribution in [0.25, 0.3) is 0 Å². The molecule has 0 aliphatic rings. The van der Waals surface area contributed by atoms with E-state index in [2.05, 4.69) is 23.8 Å². The Labute approximate surface area is 141 Å². The lowest BCUT2D eigenvalue weighted by Gasteiger charge is -2.11. The monoisotopic (exact) mass is 330 g/mol. The van der Waals surface area contributed by atoms with Crippen LogP contribution in [0.15, 0.2) is 36.4 Å². The number of aryl methyl sites for hydroxylation is 2. The highest BCUT2D eigenvalue weighted by atomic mass is 32.1. The van der Waals surface area contributed by atoms with Crippen LogP contribution in [-0.2, 0) is 6.42 Å². The van der Waals surface area contributed by atoms with Crippen molar-refractivity contribution in [1.29, 1.82) is 0 Å². The van der Waals surface area contributed by atoms with Gasteiger partial charge < -0.3 is 10.1 Å². The number of rotatable bonds is 7. The van der Waals surface area contributed by atoms with E-state index in [1.165, 1.54) is 4.88 Å². The van der Waals surface area contributed by atoms with Gasteiger partial charge in [0.1, 0.15) is 12.4 Å². The molecule has 122 valence electrons. The van der Waals surface area contributed by atoms with Crippen molar-refractivity contribution >= 4 is 17.2 Å². The molecular weight excluding hydrogens is 308 g/mol. The van der Waals surface area contributed by atoms with E-state index in [0.717, 1.165) is 22.7 Å². The van der Waals surface area contributed by atoms with Gasteiger partial charge in [-0.05, 0) is 38.5 Å². The minimum Gasteiger partial charge on any atom is -0.488 e. The van der Waals surface area contributed by atoms with Crippen molar-refractivity contribution in [3.63, 3.8) is 0 Å². The van der Waals surface area contributed by atoms with Crippen LogP contribution in [0, 0.1) is 13.8 Å². The molecule has 0 saturated carbocycles. The highest BCUT2D eigenvalue weighted by Crippen LogP contribution is 2.19. The number of thiazole rings is 1. The lowest BCUT2D eigenvalue weighted by Crippen LogP contribution is -2.26. The third-order valence-electron chi connectivity index (χ3n) is 3.30. The summed E-state index contributed by atoms with van der Waals surface area (Å²) in [6.45, 7) is 10.7. The number of aromatic nitrogens is 1. The summed E-state index contributed by atoms with van der Waals surface area (Å²) in [5, 5.41) is 3.98. The average molecular weight is 330 g/mol. The molecule has 1 N–H and O–H groups in total. The second-order valence-corrected chi connectivity index (χ2v) is 6.78. The first-order valence-corrected chi connectivity index (χ1v) is 8.36. The van der Waals surface area contributed by atoms with Crippen LogP contribution in [0.2, 0.25) is 0 Å². The van der Waals surface area contributed by atoms with E-state index in [9.17, 15) is 4.79 Å². The molecule has 0 spiro atoms. The molecule has 1 heterocycles. The Bertz CT molecular complexity index is 687. The maximum absolute atomic E-state index is 12.3. The smallest absolute Gasteiger partial charge is 0.255 e. The van der Waals surface area contributed by atoms with Crippen LogP contribution in [0.1, 0.15) is 32.9 Å². The van der Waals surface area contributed by atoms with Gasteiger partial charge in [-0.1, -0.05) is 18.7 Å². The second kappa shape index (κ2) is 7.92. The molecule has 0 atom stereocenters. The van der Waals surface area contributed by atoms with Crippen LogP contribution < -0.4 is 10.1 Å². The Morgan fingerprint density at radius 3 is 2.74 bits per heavy atom. The zero-order valence-electron chi connectivity index (χ0n) is 13.8. The van der Waals surface area contributed by atoms with Crippen molar-refractivity contribution in [2.45, 2.75) is 27.2 Å². The summed E-state index contributed by atoms with van der Waals surface area (Å²) >= 11 is 1.68. The normalized spacial score (nSPS) is 10.4. The molecule has 2 aromatic rings.